The molecular weight excluding hydrogens is 659 g/mol. The van der Waals surface area contributed by atoms with Gasteiger partial charge >= 0.3 is 0 Å². The highest BCUT2D eigenvalue weighted by atomic mass is 32.1. The molecule has 0 atom stereocenters. The highest BCUT2D eigenvalue weighted by Crippen LogP contribution is 2.53. The van der Waals surface area contributed by atoms with E-state index >= 15 is 0 Å². The topological polar surface area (TPSA) is 3.24 Å². The van der Waals surface area contributed by atoms with Crippen LogP contribution in [-0.2, 0) is 5.41 Å². The van der Waals surface area contributed by atoms with Gasteiger partial charge in [-0.2, -0.15) is 0 Å². The molecule has 2 heteroatoms. The van der Waals surface area contributed by atoms with Gasteiger partial charge in [-0.3, -0.25) is 0 Å². The Labute approximate surface area is 327 Å². The molecule has 1 nitrogen and oxygen atoms in total. The molecule has 53 heavy (non-hydrogen) atoms. The molecule has 1 aliphatic carbocycles. The van der Waals surface area contributed by atoms with Gasteiger partial charge in [0.1, 0.15) is 0 Å². The Morgan fingerprint density at radius 1 is 0.509 bits per heavy atom. The maximum Gasteiger partial charge on any atom is 0.0636 e. The molecule has 0 saturated heterocycles. The number of rotatable bonds is 6. The average molecular weight is 705 g/mol. The Bertz CT molecular complexity index is 3290. The van der Waals surface area contributed by atoms with Crippen LogP contribution in [0.2, 0.25) is 0 Å². The number of nitrogens with zero attached hydrogens (tertiary/aromatic N) is 1. The maximum absolute atomic E-state index is 9.95. The molecule has 0 radical (unpaired) electrons. The van der Waals surface area contributed by atoms with Crippen LogP contribution in [0.5, 0.6) is 0 Å². The fourth-order valence-corrected chi connectivity index (χ4v) is 9.02. The van der Waals surface area contributed by atoms with Crippen LogP contribution in [0.1, 0.15) is 37.3 Å². The fraction of sp³-hybridized carbons (Fsp3) is 0.0588. The van der Waals surface area contributed by atoms with Gasteiger partial charge in [0.05, 0.1) is 18.0 Å². The zero-order chi connectivity index (χ0) is 43.4. The standard InChI is InChI=1S/C51H37NS/c1-51(2)44-22-11-9-20-41(44)42-29-28-40(33-45(42)51)52(39-26-24-36(25-27-39)34-14-5-3-6-15-34)46-30-31-48-50(43-21-10-12-23-47(43)53-48)49(46)38-19-13-18-37(32-38)35-16-7-4-8-17-35/h3-33H,1-2H3/i4D,7D,8D,13D,16D,17D,18D,19D,32D. The number of anilines is 3. The minimum absolute atomic E-state index is 0.0248. The predicted molar refractivity (Wildman–Crippen MR) is 228 cm³/mol. The number of hydrogen-bond acceptors (Lipinski definition) is 2. The lowest BCUT2D eigenvalue weighted by Crippen LogP contribution is -2.17. The van der Waals surface area contributed by atoms with E-state index in [4.69, 9.17) is 8.22 Å². The molecule has 1 aromatic heterocycles. The number of fused-ring (bicyclic) bond motifs is 6. The highest BCUT2D eigenvalue weighted by Gasteiger charge is 2.36. The highest BCUT2D eigenvalue weighted by molar-refractivity contribution is 7.26. The minimum atomic E-state index is -0.610. The SMILES string of the molecule is [2H]c1c([2H])c([2H])c(-c2c([2H])c([2H])c([2H])c(-c3c(N(c4ccc(-c5ccccc5)cc4)c4ccc5c(c4)C(C)(C)c4ccccc4-5)ccc4sc5ccccc5c34)c2[2H])c([2H])c1[2H]. The van der Waals surface area contributed by atoms with E-state index < -0.39 is 42.3 Å². The van der Waals surface area contributed by atoms with Crippen molar-refractivity contribution in [3.63, 3.8) is 0 Å². The summed E-state index contributed by atoms with van der Waals surface area (Å²) in [6, 6.07) is 40.4. The van der Waals surface area contributed by atoms with Crippen LogP contribution in [0.15, 0.2) is 188 Å². The number of benzene rings is 8. The van der Waals surface area contributed by atoms with Crippen LogP contribution in [-0.4, -0.2) is 0 Å². The van der Waals surface area contributed by atoms with Crippen LogP contribution in [0.4, 0.5) is 17.1 Å². The Hall–Kier alpha value is -6.22. The Morgan fingerprint density at radius 3 is 2.04 bits per heavy atom. The van der Waals surface area contributed by atoms with Crippen molar-refractivity contribution in [2.24, 2.45) is 0 Å². The Kier molecular flexibility index (Phi) is 5.50. The molecule has 0 unspecified atom stereocenters. The summed E-state index contributed by atoms with van der Waals surface area (Å²) in [6.07, 6.45) is 0. The summed E-state index contributed by atoms with van der Waals surface area (Å²) >= 11 is 1.57. The summed E-state index contributed by atoms with van der Waals surface area (Å²) in [5.74, 6) is 0. The smallest absolute Gasteiger partial charge is 0.0636 e. The van der Waals surface area contributed by atoms with Crippen molar-refractivity contribution < 1.29 is 12.3 Å². The van der Waals surface area contributed by atoms with Gasteiger partial charge in [0.2, 0.25) is 0 Å². The normalized spacial score (nSPS) is 15.2. The molecule has 8 aromatic carbocycles. The molecular formula is C51H37NS. The van der Waals surface area contributed by atoms with Crippen molar-refractivity contribution in [1.29, 1.82) is 0 Å². The Morgan fingerprint density at radius 2 is 1.19 bits per heavy atom. The molecule has 0 bridgehead atoms. The summed E-state index contributed by atoms with van der Waals surface area (Å²) in [5.41, 5.74) is 8.52. The summed E-state index contributed by atoms with van der Waals surface area (Å²) in [5, 5.41) is 1.62. The first-order chi connectivity index (χ1) is 29.8. The summed E-state index contributed by atoms with van der Waals surface area (Å²) in [4.78, 5) is 2.12. The van der Waals surface area contributed by atoms with E-state index in [0.29, 0.717) is 11.3 Å². The van der Waals surface area contributed by atoms with Gasteiger partial charge in [-0.25, -0.2) is 0 Å². The molecule has 0 spiro atoms. The van der Waals surface area contributed by atoms with Crippen LogP contribution < -0.4 is 4.90 Å². The molecule has 252 valence electrons. The van der Waals surface area contributed by atoms with E-state index in [9.17, 15) is 4.11 Å². The third-order valence-corrected chi connectivity index (χ3v) is 11.6. The largest absolute Gasteiger partial charge is 0.310 e. The van der Waals surface area contributed by atoms with Crippen molar-refractivity contribution in [2.45, 2.75) is 19.3 Å². The van der Waals surface area contributed by atoms with Gasteiger partial charge in [0.25, 0.3) is 0 Å². The van der Waals surface area contributed by atoms with Gasteiger partial charge in [0, 0.05) is 42.5 Å². The van der Waals surface area contributed by atoms with Crippen molar-refractivity contribution >= 4 is 48.6 Å². The molecule has 0 amide bonds. The first kappa shape index (κ1) is 23.4. The van der Waals surface area contributed by atoms with Gasteiger partial charge in [0.15, 0.2) is 0 Å². The molecule has 0 N–H and O–H groups in total. The van der Waals surface area contributed by atoms with Crippen molar-refractivity contribution in [1.82, 2.24) is 0 Å². The first-order valence-electron chi connectivity index (χ1n) is 22.1. The average Bonchev–Trinajstić information content (AvgIpc) is 3.78. The van der Waals surface area contributed by atoms with Gasteiger partial charge < -0.3 is 4.90 Å². The lowest BCUT2D eigenvalue weighted by Gasteiger charge is -2.30. The van der Waals surface area contributed by atoms with Crippen LogP contribution in [0.25, 0.3) is 64.7 Å². The van der Waals surface area contributed by atoms with Crippen LogP contribution >= 0.6 is 11.3 Å². The van der Waals surface area contributed by atoms with Gasteiger partial charge in [-0.1, -0.05) is 153 Å². The second-order valence-electron chi connectivity index (χ2n) is 13.8. The van der Waals surface area contributed by atoms with E-state index in [1.165, 1.54) is 11.1 Å². The monoisotopic (exact) mass is 704 g/mol. The van der Waals surface area contributed by atoms with Crippen molar-refractivity contribution in [3.05, 3.63) is 199 Å². The quantitative estimate of drug-likeness (QED) is 0.167. The predicted octanol–water partition coefficient (Wildman–Crippen LogP) is 14.8. The summed E-state index contributed by atoms with van der Waals surface area (Å²) < 4.78 is 82.7. The third kappa shape index (κ3) is 5.21. The van der Waals surface area contributed by atoms with E-state index in [1.807, 2.05) is 54.6 Å². The van der Waals surface area contributed by atoms with E-state index in [2.05, 4.69) is 97.6 Å². The van der Waals surface area contributed by atoms with Crippen molar-refractivity contribution in [2.75, 3.05) is 4.90 Å². The zero-order valence-electron chi connectivity index (χ0n) is 38.1. The Balaban J connectivity index is 1.32. The molecule has 0 fully saturated rings. The fourth-order valence-electron chi connectivity index (χ4n) is 7.91. The van der Waals surface area contributed by atoms with E-state index in [-0.39, 0.29) is 34.2 Å². The van der Waals surface area contributed by atoms with Crippen molar-refractivity contribution in [3.8, 4) is 44.5 Å². The lowest BCUT2D eigenvalue weighted by atomic mass is 9.82. The summed E-state index contributed by atoms with van der Waals surface area (Å²) in [7, 11) is 0. The maximum atomic E-state index is 9.95. The molecule has 0 aliphatic heterocycles. The zero-order valence-corrected chi connectivity index (χ0v) is 29.9. The molecule has 10 rings (SSSR count). The molecule has 1 heterocycles. The first-order valence-corrected chi connectivity index (χ1v) is 18.4. The number of hydrogen-bond donors (Lipinski definition) is 0. The van der Waals surface area contributed by atoms with Crippen LogP contribution in [0, 0.1) is 0 Å². The van der Waals surface area contributed by atoms with Gasteiger partial charge in [-0.05, 0) is 98.6 Å². The third-order valence-electron chi connectivity index (χ3n) is 10.4. The minimum Gasteiger partial charge on any atom is -0.310 e. The lowest BCUT2D eigenvalue weighted by molar-refractivity contribution is 0.660. The summed E-state index contributed by atoms with van der Waals surface area (Å²) in [6.45, 7) is 4.46. The van der Waals surface area contributed by atoms with Crippen LogP contribution in [0.3, 0.4) is 0 Å². The molecule has 0 saturated carbocycles. The molecule has 9 aromatic rings. The van der Waals surface area contributed by atoms with Gasteiger partial charge in [-0.15, -0.1) is 11.3 Å². The number of thiophene rings is 1. The van der Waals surface area contributed by atoms with E-state index in [0.717, 1.165) is 53.8 Å². The second kappa shape index (κ2) is 12.5. The second-order valence-corrected chi connectivity index (χ2v) is 14.9. The van der Waals surface area contributed by atoms with E-state index in [1.54, 1.807) is 11.3 Å². The molecule has 1 aliphatic rings.